The molecule has 0 aromatic carbocycles. The van der Waals surface area contributed by atoms with Gasteiger partial charge in [-0.3, -0.25) is 4.79 Å². The third-order valence-electron chi connectivity index (χ3n) is 3.91. The molecule has 0 aromatic rings. The number of carbonyl (C=O) groups excluding carboxylic acids is 1. The van der Waals surface area contributed by atoms with Gasteiger partial charge in [0, 0.05) is 24.9 Å². The summed E-state index contributed by atoms with van der Waals surface area (Å²) in [7, 11) is 0. The van der Waals surface area contributed by atoms with E-state index in [1.165, 1.54) is 0 Å². The second kappa shape index (κ2) is 5.15. The van der Waals surface area contributed by atoms with Crippen LogP contribution in [0.5, 0.6) is 0 Å². The third kappa shape index (κ3) is 2.55. The molecular weight excluding hydrogens is 204 g/mol. The Balaban J connectivity index is 1.86. The fourth-order valence-corrected chi connectivity index (χ4v) is 2.71. The quantitative estimate of drug-likeness (QED) is 0.708. The zero-order valence-electron chi connectivity index (χ0n) is 9.98. The summed E-state index contributed by atoms with van der Waals surface area (Å²) in [5.74, 6) is 0.810. The Labute approximate surface area is 97.0 Å². The van der Waals surface area contributed by atoms with E-state index in [9.17, 15) is 9.90 Å². The fraction of sp³-hybridized carbons (Fsp3) is 0.917. The molecule has 0 aliphatic carbocycles. The molecule has 92 valence electrons. The van der Waals surface area contributed by atoms with Gasteiger partial charge in [0.15, 0.2) is 0 Å². The molecule has 0 aromatic heterocycles. The van der Waals surface area contributed by atoms with E-state index < -0.39 is 0 Å². The van der Waals surface area contributed by atoms with Gasteiger partial charge in [-0.15, -0.1) is 0 Å². The van der Waals surface area contributed by atoms with Crippen LogP contribution in [-0.2, 0) is 4.79 Å². The van der Waals surface area contributed by atoms with E-state index in [4.69, 9.17) is 0 Å². The lowest BCUT2D eigenvalue weighted by atomic mass is 9.96. The van der Waals surface area contributed by atoms with Crippen LogP contribution >= 0.6 is 0 Å². The highest BCUT2D eigenvalue weighted by Gasteiger charge is 2.32. The first-order chi connectivity index (χ1) is 7.68. The van der Waals surface area contributed by atoms with Crippen molar-refractivity contribution in [3.63, 3.8) is 0 Å². The maximum Gasteiger partial charge on any atom is 0.225 e. The van der Waals surface area contributed by atoms with Crippen LogP contribution in [0, 0.1) is 11.8 Å². The van der Waals surface area contributed by atoms with Crippen LogP contribution in [0.4, 0.5) is 0 Å². The van der Waals surface area contributed by atoms with Crippen molar-refractivity contribution in [3.05, 3.63) is 0 Å². The Bertz CT molecular complexity index is 249. The van der Waals surface area contributed by atoms with Gasteiger partial charge >= 0.3 is 0 Å². The van der Waals surface area contributed by atoms with Gasteiger partial charge in [-0.2, -0.15) is 0 Å². The standard InChI is InChI=1S/C12H22N2O2/c1-9(15)11-4-7-14(8-11)12(16)10-2-5-13-6-3-10/h9-11,13,15H,2-8H2,1H3. The van der Waals surface area contributed by atoms with Crippen molar-refractivity contribution in [2.75, 3.05) is 26.2 Å². The first-order valence-corrected chi connectivity index (χ1v) is 6.36. The summed E-state index contributed by atoms with van der Waals surface area (Å²) in [5, 5.41) is 12.8. The third-order valence-corrected chi connectivity index (χ3v) is 3.91. The second-order valence-electron chi connectivity index (χ2n) is 5.10. The smallest absolute Gasteiger partial charge is 0.225 e. The molecule has 4 nitrogen and oxygen atoms in total. The molecule has 16 heavy (non-hydrogen) atoms. The fourth-order valence-electron chi connectivity index (χ4n) is 2.71. The first-order valence-electron chi connectivity index (χ1n) is 6.36. The van der Waals surface area contributed by atoms with E-state index in [1.807, 2.05) is 11.8 Å². The number of hydrogen-bond donors (Lipinski definition) is 2. The molecule has 0 radical (unpaired) electrons. The number of hydrogen-bond acceptors (Lipinski definition) is 3. The molecule has 4 heteroatoms. The van der Waals surface area contributed by atoms with Crippen molar-refractivity contribution in [2.45, 2.75) is 32.3 Å². The molecule has 2 saturated heterocycles. The molecule has 2 unspecified atom stereocenters. The van der Waals surface area contributed by atoms with Crippen LogP contribution in [0.3, 0.4) is 0 Å². The minimum absolute atomic E-state index is 0.217. The number of nitrogens with one attached hydrogen (secondary N) is 1. The van der Waals surface area contributed by atoms with E-state index in [0.717, 1.165) is 45.4 Å². The van der Waals surface area contributed by atoms with Gasteiger partial charge < -0.3 is 15.3 Å². The average molecular weight is 226 g/mol. The highest BCUT2D eigenvalue weighted by atomic mass is 16.3. The summed E-state index contributed by atoms with van der Waals surface area (Å²) in [6.07, 6.45) is 2.60. The van der Waals surface area contributed by atoms with Crippen LogP contribution in [0.25, 0.3) is 0 Å². The van der Waals surface area contributed by atoms with Crippen molar-refractivity contribution in [1.29, 1.82) is 0 Å². The summed E-state index contributed by atoms with van der Waals surface area (Å²) in [6.45, 7) is 5.33. The van der Waals surface area contributed by atoms with Gasteiger partial charge in [-0.25, -0.2) is 0 Å². The van der Waals surface area contributed by atoms with E-state index in [2.05, 4.69) is 5.32 Å². The Morgan fingerprint density at radius 1 is 1.38 bits per heavy atom. The van der Waals surface area contributed by atoms with Gasteiger partial charge in [0.25, 0.3) is 0 Å². The SMILES string of the molecule is CC(O)C1CCN(C(=O)C2CCNCC2)C1. The van der Waals surface area contributed by atoms with Crippen molar-refractivity contribution in [3.8, 4) is 0 Å². The first kappa shape index (κ1) is 11.9. The van der Waals surface area contributed by atoms with E-state index in [-0.39, 0.29) is 17.9 Å². The number of rotatable bonds is 2. The van der Waals surface area contributed by atoms with Crippen molar-refractivity contribution >= 4 is 5.91 Å². The van der Waals surface area contributed by atoms with Gasteiger partial charge in [-0.1, -0.05) is 0 Å². The van der Waals surface area contributed by atoms with E-state index >= 15 is 0 Å². The van der Waals surface area contributed by atoms with Crippen LogP contribution < -0.4 is 5.32 Å². The maximum absolute atomic E-state index is 12.2. The molecule has 2 atom stereocenters. The van der Waals surface area contributed by atoms with Crippen molar-refractivity contribution in [2.24, 2.45) is 11.8 Å². The largest absolute Gasteiger partial charge is 0.393 e. The zero-order chi connectivity index (χ0) is 11.5. The number of amides is 1. The van der Waals surface area contributed by atoms with Crippen LogP contribution in [0.15, 0.2) is 0 Å². The lowest BCUT2D eigenvalue weighted by molar-refractivity contribution is -0.135. The average Bonchev–Trinajstić information content (AvgIpc) is 2.78. The van der Waals surface area contributed by atoms with Gasteiger partial charge in [0.1, 0.15) is 0 Å². The molecule has 0 saturated carbocycles. The van der Waals surface area contributed by atoms with Gasteiger partial charge in [-0.05, 0) is 39.3 Å². The molecule has 0 spiro atoms. The minimum atomic E-state index is -0.286. The molecule has 2 aliphatic rings. The normalized spacial score (nSPS) is 29.4. The highest BCUT2D eigenvalue weighted by molar-refractivity contribution is 5.79. The Kier molecular flexibility index (Phi) is 3.82. The van der Waals surface area contributed by atoms with Gasteiger partial charge in [0.05, 0.1) is 6.10 Å². The zero-order valence-corrected chi connectivity index (χ0v) is 9.98. The number of aliphatic hydroxyl groups excluding tert-OH is 1. The van der Waals surface area contributed by atoms with Crippen LogP contribution in [-0.4, -0.2) is 48.2 Å². The Hall–Kier alpha value is -0.610. The van der Waals surface area contributed by atoms with E-state index in [0.29, 0.717) is 5.91 Å². The Morgan fingerprint density at radius 2 is 2.06 bits per heavy atom. The summed E-state index contributed by atoms with van der Waals surface area (Å²) in [5.41, 5.74) is 0. The van der Waals surface area contributed by atoms with E-state index in [1.54, 1.807) is 0 Å². The number of likely N-dealkylation sites (tertiary alicyclic amines) is 1. The predicted octanol–water partition coefficient (Wildman–Crippen LogP) is 0.215. The summed E-state index contributed by atoms with van der Waals surface area (Å²) in [6, 6.07) is 0. The number of aliphatic hydroxyl groups is 1. The number of piperidine rings is 1. The summed E-state index contributed by atoms with van der Waals surface area (Å²) < 4.78 is 0. The second-order valence-corrected chi connectivity index (χ2v) is 5.10. The summed E-state index contributed by atoms with van der Waals surface area (Å²) in [4.78, 5) is 14.1. The molecule has 2 heterocycles. The molecule has 2 aliphatic heterocycles. The lowest BCUT2D eigenvalue weighted by Crippen LogP contribution is -2.40. The molecule has 2 N–H and O–H groups in total. The lowest BCUT2D eigenvalue weighted by Gasteiger charge is -2.27. The van der Waals surface area contributed by atoms with Crippen LogP contribution in [0.1, 0.15) is 26.2 Å². The van der Waals surface area contributed by atoms with Crippen molar-refractivity contribution in [1.82, 2.24) is 10.2 Å². The van der Waals surface area contributed by atoms with Crippen LogP contribution in [0.2, 0.25) is 0 Å². The molecular formula is C12H22N2O2. The molecule has 2 fully saturated rings. The molecule has 2 rings (SSSR count). The number of nitrogens with zero attached hydrogens (tertiary/aromatic N) is 1. The van der Waals surface area contributed by atoms with Crippen molar-refractivity contribution < 1.29 is 9.90 Å². The topological polar surface area (TPSA) is 52.6 Å². The molecule has 1 amide bonds. The number of carbonyl (C=O) groups is 1. The minimum Gasteiger partial charge on any atom is -0.393 e. The Morgan fingerprint density at radius 3 is 2.62 bits per heavy atom. The predicted molar refractivity (Wildman–Crippen MR) is 62.0 cm³/mol. The maximum atomic E-state index is 12.2. The monoisotopic (exact) mass is 226 g/mol. The van der Waals surface area contributed by atoms with Gasteiger partial charge in [0.2, 0.25) is 5.91 Å². The highest BCUT2D eigenvalue weighted by Crippen LogP contribution is 2.23. The molecule has 0 bridgehead atoms. The summed E-state index contributed by atoms with van der Waals surface area (Å²) >= 11 is 0.